The van der Waals surface area contributed by atoms with Gasteiger partial charge < -0.3 is 10.1 Å². The van der Waals surface area contributed by atoms with Gasteiger partial charge in [-0.3, -0.25) is 0 Å². The van der Waals surface area contributed by atoms with E-state index < -0.39 is 6.61 Å². The molecule has 2 nitrogen and oxygen atoms in total. The van der Waals surface area contributed by atoms with Crippen molar-refractivity contribution in [2.45, 2.75) is 45.4 Å². The average Bonchev–Trinajstić information content (AvgIpc) is 3.16. The highest BCUT2D eigenvalue weighted by molar-refractivity contribution is 5.33. The fraction of sp³-hybridized carbons (Fsp3) is 0.571. The summed E-state index contributed by atoms with van der Waals surface area (Å²) in [7, 11) is 0. The van der Waals surface area contributed by atoms with Crippen molar-refractivity contribution >= 4 is 0 Å². The number of halogens is 2. The van der Waals surface area contributed by atoms with Gasteiger partial charge in [0.25, 0.3) is 0 Å². The van der Waals surface area contributed by atoms with E-state index in [1.165, 1.54) is 12.8 Å². The van der Waals surface area contributed by atoms with Crippen LogP contribution in [0.2, 0.25) is 0 Å². The summed E-state index contributed by atoms with van der Waals surface area (Å²) >= 11 is 0. The van der Waals surface area contributed by atoms with Crippen LogP contribution in [0.25, 0.3) is 0 Å². The molecular weight excluding hydrogens is 236 g/mol. The molecule has 0 heterocycles. The summed E-state index contributed by atoms with van der Waals surface area (Å²) in [5, 5.41) is 3.44. The quantitative estimate of drug-likeness (QED) is 0.804. The summed E-state index contributed by atoms with van der Waals surface area (Å²) in [5.41, 5.74) is 0.789. The van der Waals surface area contributed by atoms with Gasteiger partial charge in [0.05, 0.1) is 0 Å². The summed E-state index contributed by atoms with van der Waals surface area (Å²) in [4.78, 5) is 0. The van der Waals surface area contributed by atoms with Crippen LogP contribution in [0.5, 0.6) is 5.75 Å². The summed E-state index contributed by atoms with van der Waals surface area (Å²) in [6.45, 7) is -0.0355. The number of hydrogen-bond acceptors (Lipinski definition) is 2. The lowest BCUT2D eigenvalue weighted by atomic mass is 10.1. The number of hydrogen-bond donors (Lipinski definition) is 1. The Labute approximate surface area is 106 Å². The topological polar surface area (TPSA) is 21.3 Å². The van der Waals surface area contributed by atoms with Crippen molar-refractivity contribution in [3.05, 3.63) is 29.8 Å². The molecule has 0 amide bonds. The van der Waals surface area contributed by atoms with Crippen LogP contribution in [0, 0.1) is 5.92 Å². The molecule has 1 unspecified atom stereocenters. The summed E-state index contributed by atoms with van der Waals surface area (Å²) in [6.07, 6.45) is 3.63. The third-order valence-corrected chi connectivity index (χ3v) is 3.37. The zero-order valence-corrected chi connectivity index (χ0v) is 10.5. The minimum absolute atomic E-state index is 0.269. The number of alkyl halides is 2. The Bertz CT molecular complexity index is 380. The van der Waals surface area contributed by atoms with Crippen molar-refractivity contribution in [2.24, 2.45) is 5.92 Å². The first-order valence-electron chi connectivity index (χ1n) is 6.46. The van der Waals surface area contributed by atoms with E-state index in [9.17, 15) is 8.78 Å². The molecule has 1 saturated carbocycles. The Kier molecular flexibility index (Phi) is 4.53. The molecule has 1 aromatic carbocycles. The van der Waals surface area contributed by atoms with Crippen molar-refractivity contribution in [2.75, 3.05) is 0 Å². The molecule has 0 aliphatic heterocycles. The number of ether oxygens (including phenoxy) is 1. The fourth-order valence-corrected chi connectivity index (χ4v) is 2.24. The van der Waals surface area contributed by atoms with Gasteiger partial charge in [0.1, 0.15) is 5.75 Å². The van der Waals surface area contributed by atoms with Crippen molar-refractivity contribution in [3.8, 4) is 5.75 Å². The first-order valence-corrected chi connectivity index (χ1v) is 6.46. The lowest BCUT2D eigenvalue weighted by Crippen LogP contribution is -2.30. The van der Waals surface area contributed by atoms with E-state index in [2.05, 4.69) is 17.0 Å². The molecule has 0 bridgehead atoms. The van der Waals surface area contributed by atoms with Crippen LogP contribution >= 0.6 is 0 Å². The van der Waals surface area contributed by atoms with E-state index in [0.717, 1.165) is 17.9 Å². The summed E-state index contributed by atoms with van der Waals surface area (Å²) < 4.78 is 29.0. The predicted molar refractivity (Wildman–Crippen MR) is 66.7 cm³/mol. The van der Waals surface area contributed by atoms with Crippen molar-refractivity contribution < 1.29 is 13.5 Å². The molecule has 2 rings (SSSR count). The second-order valence-corrected chi connectivity index (χ2v) is 4.72. The Morgan fingerprint density at radius 1 is 1.33 bits per heavy atom. The van der Waals surface area contributed by atoms with Gasteiger partial charge in [0.15, 0.2) is 0 Å². The zero-order valence-electron chi connectivity index (χ0n) is 10.5. The normalized spacial score (nSPS) is 16.9. The third-order valence-electron chi connectivity index (χ3n) is 3.37. The molecular formula is C14H19F2NO. The maximum atomic E-state index is 12.3. The molecule has 1 atom stereocenters. The molecule has 0 radical (unpaired) electrons. The summed E-state index contributed by atoms with van der Waals surface area (Å²) in [5.74, 6) is 1.03. The maximum absolute atomic E-state index is 12.3. The van der Waals surface area contributed by atoms with E-state index in [4.69, 9.17) is 0 Å². The van der Waals surface area contributed by atoms with Gasteiger partial charge in [-0.2, -0.15) is 8.78 Å². The van der Waals surface area contributed by atoms with Crippen LogP contribution in [-0.2, 0) is 6.54 Å². The molecule has 1 aliphatic carbocycles. The third kappa shape index (κ3) is 3.67. The van der Waals surface area contributed by atoms with Crippen LogP contribution in [0.4, 0.5) is 8.78 Å². The van der Waals surface area contributed by atoms with Gasteiger partial charge in [0.2, 0.25) is 0 Å². The molecule has 0 aromatic heterocycles. The number of nitrogens with one attached hydrogen (secondary N) is 1. The van der Waals surface area contributed by atoms with E-state index in [-0.39, 0.29) is 5.75 Å². The number of para-hydroxylation sites is 1. The molecule has 1 aromatic rings. The molecule has 0 saturated heterocycles. The average molecular weight is 255 g/mol. The minimum atomic E-state index is -2.77. The van der Waals surface area contributed by atoms with Crippen LogP contribution in [0.3, 0.4) is 0 Å². The Morgan fingerprint density at radius 3 is 2.67 bits per heavy atom. The Balaban J connectivity index is 1.94. The van der Waals surface area contributed by atoms with Crippen LogP contribution in [0.15, 0.2) is 24.3 Å². The van der Waals surface area contributed by atoms with Gasteiger partial charge in [-0.15, -0.1) is 0 Å². The fourth-order valence-electron chi connectivity index (χ4n) is 2.24. The highest BCUT2D eigenvalue weighted by atomic mass is 19.3. The van der Waals surface area contributed by atoms with E-state index >= 15 is 0 Å². The summed E-state index contributed by atoms with van der Waals surface area (Å²) in [6, 6.07) is 7.45. The standard InChI is InChI=1S/C14H19F2NO/c1-2-12(10-7-8-10)17-9-11-5-3-4-6-13(11)18-14(15)16/h3-6,10,12,14,17H,2,7-9H2,1H3. The predicted octanol–water partition coefficient (Wildman–Crippen LogP) is 3.57. The van der Waals surface area contributed by atoms with Crippen LogP contribution in [-0.4, -0.2) is 12.7 Å². The van der Waals surface area contributed by atoms with Crippen molar-refractivity contribution in [1.82, 2.24) is 5.32 Å². The Hall–Kier alpha value is -1.16. The monoisotopic (exact) mass is 255 g/mol. The minimum Gasteiger partial charge on any atom is -0.434 e. The highest BCUT2D eigenvalue weighted by Gasteiger charge is 2.29. The second kappa shape index (κ2) is 6.14. The first kappa shape index (κ1) is 13.3. The Morgan fingerprint density at radius 2 is 2.06 bits per heavy atom. The molecule has 0 spiro atoms. The molecule has 1 aliphatic rings. The van der Waals surface area contributed by atoms with E-state index in [1.54, 1.807) is 12.1 Å². The van der Waals surface area contributed by atoms with E-state index in [1.807, 2.05) is 12.1 Å². The van der Waals surface area contributed by atoms with Gasteiger partial charge in [-0.25, -0.2) is 0 Å². The lowest BCUT2D eigenvalue weighted by Gasteiger charge is -2.17. The lowest BCUT2D eigenvalue weighted by molar-refractivity contribution is -0.0505. The van der Waals surface area contributed by atoms with Crippen molar-refractivity contribution in [3.63, 3.8) is 0 Å². The van der Waals surface area contributed by atoms with Gasteiger partial charge in [-0.05, 0) is 31.2 Å². The maximum Gasteiger partial charge on any atom is 0.387 e. The number of rotatable bonds is 7. The van der Waals surface area contributed by atoms with Crippen LogP contribution < -0.4 is 10.1 Å². The number of benzene rings is 1. The smallest absolute Gasteiger partial charge is 0.387 e. The molecule has 18 heavy (non-hydrogen) atoms. The van der Waals surface area contributed by atoms with Gasteiger partial charge >= 0.3 is 6.61 Å². The SMILES string of the molecule is CCC(NCc1ccccc1OC(F)F)C1CC1. The van der Waals surface area contributed by atoms with E-state index in [0.29, 0.717) is 12.6 Å². The molecule has 1 fully saturated rings. The van der Waals surface area contributed by atoms with Gasteiger partial charge in [0, 0.05) is 18.2 Å². The molecule has 1 N–H and O–H groups in total. The highest BCUT2D eigenvalue weighted by Crippen LogP contribution is 2.34. The largest absolute Gasteiger partial charge is 0.434 e. The second-order valence-electron chi connectivity index (χ2n) is 4.72. The van der Waals surface area contributed by atoms with Gasteiger partial charge in [-0.1, -0.05) is 25.1 Å². The van der Waals surface area contributed by atoms with Crippen molar-refractivity contribution in [1.29, 1.82) is 0 Å². The molecule has 100 valence electrons. The van der Waals surface area contributed by atoms with Crippen LogP contribution in [0.1, 0.15) is 31.7 Å². The first-order chi connectivity index (χ1) is 8.70. The molecule has 4 heteroatoms. The zero-order chi connectivity index (χ0) is 13.0.